The first-order valence-electron chi connectivity index (χ1n) is 10.9. The van der Waals surface area contributed by atoms with Crippen LogP contribution in [-0.2, 0) is 6.42 Å². The third-order valence-corrected chi connectivity index (χ3v) is 6.35. The van der Waals surface area contributed by atoms with Gasteiger partial charge in [0, 0.05) is 30.3 Å². The maximum atomic E-state index is 12.8. The van der Waals surface area contributed by atoms with E-state index in [1.807, 2.05) is 4.90 Å². The molecule has 0 spiro atoms. The number of hydrogen-bond acceptors (Lipinski definition) is 2. The highest BCUT2D eigenvalue weighted by atomic mass is 16.2. The molecule has 0 aromatic heterocycles. The van der Waals surface area contributed by atoms with Crippen molar-refractivity contribution in [2.75, 3.05) is 13.1 Å². The van der Waals surface area contributed by atoms with Crippen molar-refractivity contribution in [3.63, 3.8) is 0 Å². The topological polar surface area (TPSA) is 49.4 Å². The number of benzene rings is 2. The molecule has 1 heterocycles. The summed E-state index contributed by atoms with van der Waals surface area (Å²) in [5.74, 6) is 0.687. The van der Waals surface area contributed by atoms with Crippen LogP contribution in [0.2, 0.25) is 0 Å². The van der Waals surface area contributed by atoms with Crippen LogP contribution in [0.5, 0.6) is 0 Å². The summed E-state index contributed by atoms with van der Waals surface area (Å²) in [4.78, 5) is 27.2. The van der Waals surface area contributed by atoms with Gasteiger partial charge in [0.25, 0.3) is 11.8 Å². The van der Waals surface area contributed by atoms with Gasteiger partial charge in [0.05, 0.1) is 0 Å². The number of rotatable bonds is 5. The molecule has 0 radical (unpaired) electrons. The number of carbonyl (C=O) groups excluding carboxylic acids is 2. The van der Waals surface area contributed by atoms with E-state index < -0.39 is 0 Å². The zero-order valence-electron chi connectivity index (χ0n) is 17.0. The molecule has 1 aliphatic heterocycles. The molecule has 2 aromatic carbocycles. The second kappa shape index (κ2) is 9.25. The quantitative estimate of drug-likeness (QED) is 0.820. The highest BCUT2D eigenvalue weighted by molar-refractivity contribution is 5.98. The lowest BCUT2D eigenvalue weighted by molar-refractivity contribution is 0.0690. The molecule has 2 amide bonds. The first kappa shape index (κ1) is 19.7. The smallest absolute Gasteiger partial charge is 0.253 e. The first-order chi connectivity index (χ1) is 14.2. The Labute approximate surface area is 173 Å². The highest BCUT2D eigenvalue weighted by Gasteiger charge is 2.24. The highest BCUT2D eigenvalue weighted by Crippen LogP contribution is 2.23. The SMILES string of the molecule is O=C(NC1CCCC1)c1ccc(C(=O)N2CCC(Cc3ccccc3)CC2)cc1. The Morgan fingerprint density at radius 2 is 1.45 bits per heavy atom. The lowest BCUT2D eigenvalue weighted by Gasteiger charge is -2.32. The number of likely N-dealkylation sites (tertiary alicyclic amines) is 1. The fourth-order valence-corrected chi connectivity index (χ4v) is 4.57. The summed E-state index contributed by atoms with van der Waals surface area (Å²) in [6.45, 7) is 1.61. The van der Waals surface area contributed by atoms with Crippen LogP contribution in [0.15, 0.2) is 54.6 Å². The van der Waals surface area contributed by atoms with E-state index >= 15 is 0 Å². The van der Waals surface area contributed by atoms with Crippen molar-refractivity contribution in [2.24, 2.45) is 5.92 Å². The summed E-state index contributed by atoms with van der Waals surface area (Å²) in [6, 6.07) is 18.0. The molecular formula is C25H30N2O2. The van der Waals surface area contributed by atoms with E-state index in [1.165, 1.54) is 18.4 Å². The summed E-state index contributed by atoms with van der Waals surface area (Å²) < 4.78 is 0. The van der Waals surface area contributed by atoms with Gasteiger partial charge in [0.1, 0.15) is 0 Å². The third kappa shape index (κ3) is 5.06. The van der Waals surface area contributed by atoms with Crippen molar-refractivity contribution in [2.45, 2.75) is 51.0 Å². The van der Waals surface area contributed by atoms with Gasteiger partial charge >= 0.3 is 0 Å². The molecule has 0 atom stereocenters. The van der Waals surface area contributed by atoms with E-state index in [9.17, 15) is 9.59 Å². The zero-order chi connectivity index (χ0) is 20.1. The van der Waals surface area contributed by atoms with Crippen LogP contribution >= 0.6 is 0 Å². The minimum absolute atomic E-state index is 0.0300. The molecule has 1 saturated heterocycles. The molecule has 29 heavy (non-hydrogen) atoms. The molecule has 1 aliphatic carbocycles. The van der Waals surface area contributed by atoms with Crippen molar-refractivity contribution < 1.29 is 9.59 Å². The molecule has 1 N–H and O–H groups in total. The van der Waals surface area contributed by atoms with Gasteiger partial charge < -0.3 is 10.2 Å². The standard InChI is InChI=1S/C25H30N2O2/c28-24(26-23-8-4-5-9-23)21-10-12-22(13-11-21)25(29)27-16-14-20(15-17-27)18-19-6-2-1-3-7-19/h1-3,6-7,10-13,20,23H,4-5,8-9,14-18H2,(H,26,28). The number of piperidine rings is 1. The van der Waals surface area contributed by atoms with Crippen LogP contribution < -0.4 is 5.32 Å². The Kier molecular flexibility index (Phi) is 6.28. The monoisotopic (exact) mass is 390 g/mol. The summed E-state index contributed by atoms with van der Waals surface area (Å²) in [6.07, 6.45) is 7.71. The lowest BCUT2D eigenvalue weighted by Crippen LogP contribution is -2.39. The van der Waals surface area contributed by atoms with Crippen molar-refractivity contribution in [3.05, 3.63) is 71.3 Å². The molecule has 2 aromatic rings. The molecule has 1 saturated carbocycles. The van der Waals surface area contributed by atoms with Gasteiger partial charge in [-0.25, -0.2) is 0 Å². The molecule has 0 bridgehead atoms. The molecule has 4 heteroatoms. The zero-order valence-corrected chi connectivity index (χ0v) is 17.0. The average molecular weight is 391 g/mol. The summed E-state index contributed by atoms with van der Waals surface area (Å²) >= 11 is 0. The number of nitrogens with one attached hydrogen (secondary N) is 1. The van der Waals surface area contributed by atoms with Crippen molar-refractivity contribution in [1.82, 2.24) is 10.2 Å². The predicted octanol–water partition coefficient (Wildman–Crippen LogP) is 4.45. The maximum Gasteiger partial charge on any atom is 0.253 e. The second-order valence-electron chi connectivity index (χ2n) is 8.46. The fraction of sp³-hybridized carbons (Fsp3) is 0.440. The number of hydrogen-bond donors (Lipinski definition) is 1. The van der Waals surface area contributed by atoms with E-state index in [0.717, 1.165) is 45.2 Å². The van der Waals surface area contributed by atoms with Crippen LogP contribution in [0, 0.1) is 5.92 Å². The van der Waals surface area contributed by atoms with E-state index in [4.69, 9.17) is 0 Å². The normalized spacial score (nSPS) is 18.0. The Morgan fingerprint density at radius 3 is 2.10 bits per heavy atom. The fourth-order valence-electron chi connectivity index (χ4n) is 4.57. The minimum atomic E-state index is -0.0300. The Balaban J connectivity index is 1.29. The van der Waals surface area contributed by atoms with E-state index in [0.29, 0.717) is 23.1 Å². The van der Waals surface area contributed by atoms with Crippen LogP contribution in [0.3, 0.4) is 0 Å². The summed E-state index contributed by atoms with van der Waals surface area (Å²) in [5.41, 5.74) is 2.68. The Bertz CT molecular complexity index is 818. The van der Waals surface area contributed by atoms with E-state index in [-0.39, 0.29) is 11.8 Å². The largest absolute Gasteiger partial charge is 0.349 e. The summed E-state index contributed by atoms with van der Waals surface area (Å²) in [5, 5.41) is 3.10. The van der Waals surface area contributed by atoms with Gasteiger partial charge in [-0.1, -0.05) is 43.2 Å². The second-order valence-corrected chi connectivity index (χ2v) is 8.46. The van der Waals surface area contributed by atoms with Crippen LogP contribution in [0.4, 0.5) is 0 Å². The number of amides is 2. The van der Waals surface area contributed by atoms with Crippen LogP contribution in [0.1, 0.15) is 64.8 Å². The molecule has 4 rings (SSSR count). The van der Waals surface area contributed by atoms with Crippen LogP contribution in [-0.4, -0.2) is 35.8 Å². The van der Waals surface area contributed by atoms with E-state index in [1.54, 1.807) is 24.3 Å². The summed E-state index contributed by atoms with van der Waals surface area (Å²) in [7, 11) is 0. The van der Waals surface area contributed by atoms with Crippen molar-refractivity contribution in [3.8, 4) is 0 Å². The lowest BCUT2D eigenvalue weighted by atomic mass is 9.90. The van der Waals surface area contributed by atoms with Gasteiger partial charge in [-0.2, -0.15) is 0 Å². The molecule has 4 nitrogen and oxygen atoms in total. The third-order valence-electron chi connectivity index (χ3n) is 6.35. The van der Waals surface area contributed by atoms with E-state index in [2.05, 4.69) is 35.6 Å². The minimum Gasteiger partial charge on any atom is -0.349 e. The van der Waals surface area contributed by atoms with Gasteiger partial charge in [0.15, 0.2) is 0 Å². The van der Waals surface area contributed by atoms with Crippen LogP contribution in [0.25, 0.3) is 0 Å². The van der Waals surface area contributed by atoms with Crippen molar-refractivity contribution in [1.29, 1.82) is 0 Å². The Morgan fingerprint density at radius 1 is 0.828 bits per heavy atom. The Hall–Kier alpha value is -2.62. The van der Waals surface area contributed by atoms with Crippen molar-refractivity contribution >= 4 is 11.8 Å². The molecule has 2 fully saturated rings. The maximum absolute atomic E-state index is 12.8. The average Bonchev–Trinajstić information content (AvgIpc) is 3.28. The first-order valence-corrected chi connectivity index (χ1v) is 10.9. The molecule has 2 aliphatic rings. The number of carbonyl (C=O) groups is 2. The number of nitrogens with zero attached hydrogens (tertiary/aromatic N) is 1. The molecular weight excluding hydrogens is 360 g/mol. The predicted molar refractivity (Wildman–Crippen MR) is 115 cm³/mol. The van der Waals surface area contributed by atoms with Gasteiger partial charge in [0.2, 0.25) is 0 Å². The van der Waals surface area contributed by atoms with Gasteiger partial charge in [-0.05, 0) is 67.9 Å². The molecule has 0 unspecified atom stereocenters. The molecule has 152 valence electrons. The van der Waals surface area contributed by atoms with Gasteiger partial charge in [-0.15, -0.1) is 0 Å². The van der Waals surface area contributed by atoms with Gasteiger partial charge in [-0.3, -0.25) is 9.59 Å².